The molecule has 0 aromatic carbocycles. The van der Waals surface area contributed by atoms with Crippen LogP contribution in [0.15, 0.2) is 12.4 Å². The predicted octanol–water partition coefficient (Wildman–Crippen LogP) is 1.27. The lowest BCUT2D eigenvalue weighted by Crippen LogP contribution is -2.33. The van der Waals surface area contributed by atoms with Crippen molar-refractivity contribution in [2.75, 3.05) is 33.4 Å². The Morgan fingerprint density at radius 3 is 2.34 bits per heavy atom. The molecule has 2 fully saturated rings. The molecule has 1 saturated carbocycles. The third kappa shape index (κ3) is 7.00. The molecule has 2 N–H and O–H groups in total. The van der Waals surface area contributed by atoms with E-state index in [-0.39, 0.29) is 11.8 Å². The SMILES string of the molecule is COCCNC(=O)C1C[C@@H]2CN(Cc3cnn(C)c3)C[C@@H]2C1.O=C(O)C(F)(F)F. The number of nitrogens with zero attached hydrogens (tertiary/aromatic N) is 3. The summed E-state index contributed by atoms with van der Waals surface area (Å²) in [5.41, 5.74) is 1.27. The van der Waals surface area contributed by atoms with E-state index >= 15 is 0 Å². The number of amides is 1. The summed E-state index contributed by atoms with van der Waals surface area (Å²) in [7, 11) is 3.61. The fourth-order valence-electron chi connectivity index (χ4n) is 3.97. The summed E-state index contributed by atoms with van der Waals surface area (Å²) in [5, 5.41) is 14.3. The molecule has 1 unspecified atom stereocenters. The van der Waals surface area contributed by atoms with Gasteiger partial charge in [-0.3, -0.25) is 14.4 Å². The van der Waals surface area contributed by atoms with Gasteiger partial charge in [0.25, 0.3) is 0 Å². The zero-order chi connectivity index (χ0) is 21.6. The first-order valence-electron chi connectivity index (χ1n) is 9.36. The number of rotatable bonds is 6. The fraction of sp³-hybridized carbons (Fsp3) is 0.722. The van der Waals surface area contributed by atoms with Gasteiger partial charge < -0.3 is 15.2 Å². The molecule has 0 bridgehead atoms. The largest absolute Gasteiger partial charge is 0.490 e. The third-order valence-electron chi connectivity index (χ3n) is 5.21. The number of alkyl halides is 3. The lowest BCUT2D eigenvalue weighted by atomic mass is 10.0. The van der Waals surface area contributed by atoms with Crippen molar-refractivity contribution in [1.82, 2.24) is 20.0 Å². The van der Waals surface area contributed by atoms with Crippen LogP contribution in [0.1, 0.15) is 18.4 Å². The number of carboxylic acids is 1. The summed E-state index contributed by atoms with van der Waals surface area (Å²) in [5.74, 6) is -0.991. The average molecular weight is 420 g/mol. The van der Waals surface area contributed by atoms with Crippen LogP contribution in [0.2, 0.25) is 0 Å². The van der Waals surface area contributed by atoms with Crippen molar-refractivity contribution in [1.29, 1.82) is 0 Å². The minimum absolute atomic E-state index is 0.201. The second kappa shape index (κ2) is 10.1. The predicted molar refractivity (Wildman–Crippen MR) is 96.8 cm³/mol. The zero-order valence-electron chi connectivity index (χ0n) is 16.5. The lowest BCUT2D eigenvalue weighted by Gasteiger charge is -2.18. The molecular formula is C18H27F3N4O4. The van der Waals surface area contributed by atoms with E-state index in [1.165, 1.54) is 5.56 Å². The molecule has 1 aliphatic heterocycles. The second-order valence-electron chi connectivity index (χ2n) is 7.49. The number of carboxylic acid groups (broad SMARTS) is 1. The highest BCUT2D eigenvalue weighted by molar-refractivity contribution is 5.79. The van der Waals surface area contributed by atoms with Crippen LogP contribution in [-0.4, -0.2) is 71.2 Å². The van der Waals surface area contributed by atoms with Crippen LogP contribution < -0.4 is 5.32 Å². The van der Waals surface area contributed by atoms with Gasteiger partial charge in [0.05, 0.1) is 12.8 Å². The maximum Gasteiger partial charge on any atom is 0.490 e. The van der Waals surface area contributed by atoms with E-state index in [9.17, 15) is 18.0 Å². The molecule has 1 saturated heterocycles. The number of methoxy groups -OCH3 is 1. The number of carbonyl (C=O) groups is 2. The van der Waals surface area contributed by atoms with Crippen molar-refractivity contribution in [3.8, 4) is 0 Å². The Morgan fingerprint density at radius 2 is 1.90 bits per heavy atom. The Morgan fingerprint density at radius 1 is 1.31 bits per heavy atom. The van der Waals surface area contributed by atoms with Crippen molar-refractivity contribution in [3.05, 3.63) is 18.0 Å². The second-order valence-corrected chi connectivity index (χ2v) is 7.49. The van der Waals surface area contributed by atoms with Gasteiger partial charge >= 0.3 is 12.1 Å². The number of nitrogens with one attached hydrogen (secondary N) is 1. The molecule has 3 rings (SSSR count). The number of aryl methyl sites for hydroxylation is 1. The normalized spacial score (nSPS) is 24.0. The van der Waals surface area contributed by atoms with Gasteiger partial charge in [-0.05, 0) is 24.7 Å². The Bertz CT molecular complexity index is 681. The summed E-state index contributed by atoms with van der Waals surface area (Å²) in [4.78, 5) is 23.5. The van der Waals surface area contributed by atoms with Gasteiger partial charge in [0.1, 0.15) is 0 Å². The third-order valence-corrected chi connectivity index (χ3v) is 5.21. The van der Waals surface area contributed by atoms with E-state index < -0.39 is 12.1 Å². The fourth-order valence-corrected chi connectivity index (χ4v) is 3.97. The van der Waals surface area contributed by atoms with Crippen LogP contribution in [0.4, 0.5) is 13.2 Å². The molecule has 2 aliphatic rings. The van der Waals surface area contributed by atoms with Crippen molar-refractivity contribution >= 4 is 11.9 Å². The van der Waals surface area contributed by atoms with Gasteiger partial charge in [0.2, 0.25) is 5.91 Å². The number of halogens is 3. The number of ether oxygens (including phenoxy) is 1. The van der Waals surface area contributed by atoms with E-state index in [4.69, 9.17) is 14.6 Å². The molecule has 0 radical (unpaired) electrons. The first kappa shape index (κ1) is 23.1. The molecular weight excluding hydrogens is 393 g/mol. The monoisotopic (exact) mass is 420 g/mol. The minimum Gasteiger partial charge on any atom is -0.475 e. The Kier molecular flexibility index (Phi) is 8.03. The van der Waals surface area contributed by atoms with Crippen LogP contribution in [0, 0.1) is 17.8 Å². The quantitative estimate of drug-likeness (QED) is 0.673. The van der Waals surface area contributed by atoms with Crippen LogP contribution in [0.25, 0.3) is 0 Å². The van der Waals surface area contributed by atoms with E-state index in [0.717, 1.165) is 32.5 Å². The van der Waals surface area contributed by atoms with Gasteiger partial charge in [-0.1, -0.05) is 0 Å². The lowest BCUT2D eigenvalue weighted by molar-refractivity contribution is -0.192. The number of aromatic nitrogens is 2. The first-order chi connectivity index (χ1) is 13.6. The summed E-state index contributed by atoms with van der Waals surface area (Å²) >= 11 is 0. The smallest absolute Gasteiger partial charge is 0.475 e. The summed E-state index contributed by atoms with van der Waals surface area (Å²) in [6.45, 7) is 4.41. The molecule has 164 valence electrons. The van der Waals surface area contributed by atoms with E-state index in [1.807, 2.05) is 17.9 Å². The molecule has 0 spiro atoms. The Labute approximate surface area is 167 Å². The van der Waals surface area contributed by atoms with Crippen molar-refractivity contribution in [3.63, 3.8) is 0 Å². The number of fused-ring (bicyclic) bond motifs is 1. The Hall–Kier alpha value is -2.14. The van der Waals surface area contributed by atoms with Gasteiger partial charge in [-0.2, -0.15) is 18.3 Å². The molecule has 29 heavy (non-hydrogen) atoms. The van der Waals surface area contributed by atoms with Crippen LogP contribution in [0.3, 0.4) is 0 Å². The van der Waals surface area contributed by atoms with Crippen molar-refractivity contribution in [2.45, 2.75) is 25.6 Å². The number of hydrogen-bond donors (Lipinski definition) is 2. The zero-order valence-corrected chi connectivity index (χ0v) is 16.5. The first-order valence-corrected chi connectivity index (χ1v) is 9.36. The minimum atomic E-state index is -5.08. The van der Waals surface area contributed by atoms with Gasteiger partial charge in [0, 0.05) is 58.0 Å². The highest BCUT2D eigenvalue weighted by Gasteiger charge is 2.43. The number of aliphatic carboxylic acids is 1. The Balaban J connectivity index is 0.000000370. The van der Waals surface area contributed by atoms with Crippen molar-refractivity contribution < 1.29 is 32.6 Å². The topological polar surface area (TPSA) is 96.7 Å². The molecule has 1 aromatic heterocycles. The molecule has 2 heterocycles. The maximum atomic E-state index is 12.1. The standard InChI is InChI=1S/C16H26N4O2.C2HF3O2/c1-19-8-12(7-18-19)9-20-10-14-5-13(6-15(14)11-20)16(21)17-3-4-22-2;3-2(4,5)1(6)7/h7-8,13-15H,3-6,9-11H2,1-2H3,(H,17,21);(H,6,7)/t13?,14-,15+;. The van der Waals surface area contributed by atoms with Crippen LogP contribution >= 0.6 is 0 Å². The van der Waals surface area contributed by atoms with Crippen LogP contribution in [0.5, 0.6) is 0 Å². The summed E-state index contributed by atoms with van der Waals surface area (Å²) < 4.78 is 38.6. The van der Waals surface area contributed by atoms with E-state index in [1.54, 1.807) is 7.11 Å². The molecule has 11 heteroatoms. The summed E-state index contributed by atoms with van der Waals surface area (Å²) in [6, 6.07) is 0. The van der Waals surface area contributed by atoms with E-state index in [0.29, 0.717) is 25.0 Å². The van der Waals surface area contributed by atoms with Crippen molar-refractivity contribution in [2.24, 2.45) is 24.8 Å². The summed E-state index contributed by atoms with van der Waals surface area (Å²) in [6.07, 6.45) is 1.01. The molecule has 3 atom stereocenters. The highest BCUT2D eigenvalue weighted by Crippen LogP contribution is 2.41. The maximum absolute atomic E-state index is 12.1. The molecule has 1 amide bonds. The molecule has 1 aromatic rings. The number of carbonyl (C=O) groups excluding carboxylic acids is 1. The van der Waals surface area contributed by atoms with Gasteiger partial charge in [-0.25, -0.2) is 4.79 Å². The average Bonchev–Trinajstić information content (AvgIpc) is 3.30. The van der Waals surface area contributed by atoms with Crippen LogP contribution in [-0.2, 0) is 27.9 Å². The number of hydrogen-bond acceptors (Lipinski definition) is 5. The molecule has 1 aliphatic carbocycles. The van der Waals surface area contributed by atoms with Gasteiger partial charge in [-0.15, -0.1) is 0 Å². The number of likely N-dealkylation sites (tertiary alicyclic amines) is 1. The molecule has 8 nitrogen and oxygen atoms in total. The van der Waals surface area contributed by atoms with E-state index in [2.05, 4.69) is 21.5 Å². The van der Waals surface area contributed by atoms with Gasteiger partial charge in [0.15, 0.2) is 0 Å². The highest BCUT2D eigenvalue weighted by atomic mass is 19.4.